The molecule has 0 bridgehead atoms. The number of hydrogen-bond donors (Lipinski definition) is 2. The highest BCUT2D eigenvalue weighted by Crippen LogP contribution is 2.39. The van der Waals surface area contributed by atoms with E-state index in [2.05, 4.69) is 15.3 Å². The number of aromatic hydroxyl groups is 1. The number of benzene rings is 1. The van der Waals surface area contributed by atoms with E-state index in [1.54, 1.807) is 29.8 Å². The first-order valence-electron chi connectivity index (χ1n) is 6.62. The normalized spacial score (nSPS) is 13.0. The first kappa shape index (κ1) is 14.1. The standard InChI is InChI=1S/C15H13N3OS.ClH/c19-10-4-1-3-9(7-10)18-14-13-11-5-2-6-12(11)20-15(13)17-8-16-14;/h1,3-4,7-8,19H,2,5-6H2,(H,16,17,18);1H. The van der Waals surface area contributed by atoms with Gasteiger partial charge in [-0.3, -0.25) is 0 Å². The average Bonchev–Trinajstić information content (AvgIpc) is 2.99. The van der Waals surface area contributed by atoms with Crippen LogP contribution in [0.15, 0.2) is 30.6 Å². The van der Waals surface area contributed by atoms with Crippen molar-refractivity contribution >= 4 is 45.5 Å². The maximum absolute atomic E-state index is 9.55. The summed E-state index contributed by atoms with van der Waals surface area (Å²) in [7, 11) is 0. The lowest BCUT2D eigenvalue weighted by Gasteiger charge is -2.07. The number of nitrogens with one attached hydrogen (secondary N) is 1. The van der Waals surface area contributed by atoms with Crippen LogP contribution in [0.2, 0.25) is 0 Å². The maximum atomic E-state index is 9.55. The molecule has 1 aromatic carbocycles. The van der Waals surface area contributed by atoms with Crippen molar-refractivity contribution in [2.45, 2.75) is 19.3 Å². The minimum absolute atomic E-state index is 0. The second-order valence-electron chi connectivity index (χ2n) is 4.94. The molecule has 1 aliphatic rings. The predicted octanol–water partition coefficient (Wildman–Crippen LogP) is 4.05. The zero-order chi connectivity index (χ0) is 13.5. The number of fused-ring (bicyclic) bond motifs is 3. The number of phenolic OH excluding ortho intramolecular Hbond substituents is 1. The van der Waals surface area contributed by atoms with Crippen molar-refractivity contribution < 1.29 is 5.11 Å². The van der Waals surface area contributed by atoms with Crippen LogP contribution in [0, 0.1) is 0 Å². The van der Waals surface area contributed by atoms with Crippen LogP contribution < -0.4 is 5.32 Å². The first-order valence-corrected chi connectivity index (χ1v) is 7.44. The molecule has 0 spiro atoms. The van der Waals surface area contributed by atoms with Crippen molar-refractivity contribution in [2.75, 3.05) is 5.32 Å². The molecule has 2 aromatic heterocycles. The van der Waals surface area contributed by atoms with Gasteiger partial charge in [-0.25, -0.2) is 9.97 Å². The fraction of sp³-hybridized carbons (Fsp3) is 0.200. The van der Waals surface area contributed by atoms with E-state index in [0.29, 0.717) is 0 Å². The Morgan fingerprint density at radius 3 is 2.95 bits per heavy atom. The van der Waals surface area contributed by atoms with Gasteiger partial charge in [-0.15, -0.1) is 23.7 Å². The van der Waals surface area contributed by atoms with E-state index >= 15 is 0 Å². The first-order chi connectivity index (χ1) is 9.81. The highest BCUT2D eigenvalue weighted by molar-refractivity contribution is 7.19. The molecule has 0 saturated heterocycles. The molecule has 0 aliphatic heterocycles. The van der Waals surface area contributed by atoms with Crippen LogP contribution in [-0.2, 0) is 12.8 Å². The summed E-state index contributed by atoms with van der Waals surface area (Å²) in [5.74, 6) is 1.08. The van der Waals surface area contributed by atoms with Gasteiger partial charge >= 0.3 is 0 Å². The third-order valence-corrected chi connectivity index (χ3v) is 4.81. The molecule has 4 rings (SSSR count). The highest BCUT2D eigenvalue weighted by Gasteiger charge is 2.21. The van der Waals surface area contributed by atoms with Crippen LogP contribution in [0.1, 0.15) is 16.9 Å². The quantitative estimate of drug-likeness (QED) is 0.748. The summed E-state index contributed by atoms with van der Waals surface area (Å²) < 4.78 is 0. The molecule has 3 aromatic rings. The van der Waals surface area contributed by atoms with Crippen molar-refractivity contribution in [3.05, 3.63) is 41.0 Å². The second kappa shape index (κ2) is 5.50. The molecule has 0 fully saturated rings. The molecule has 0 atom stereocenters. The maximum Gasteiger partial charge on any atom is 0.142 e. The monoisotopic (exact) mass is 319 g/mol. The summed E-state index contributed by atoms with van der Waals surface area (Å²) in [6.07, 6.45) is 5.08. The van der Waals surface area contributed by atoms with Gasteiger partial charge in [-0.1, -0.05) is 6.07 Å². The van der Waals surface area contributed by atoms with Gasteiger partial charge in [-0.05, 0) is 37.0 Å². The number of anilines is 2. The average molecular weight is 320 g/mol. The molecule has 1 aliphatic carbocycles. The van der Waals surface area contributed by atoms with Crippen molar-refractivity contribution in [2.24, 2.45) is 0 Å². The molecular formula is C15H14ClN3OS. The number of rotatable bonds is 2. The van der Waals surface area contributed by atoms with Gasteiger partial charge in [0.2, 0.25) is 0 Å². The van der Waals surface area contributed by atoms with Gasteiger partial charge in [-0.2, -0.15) is 0 Å². The van der Waals surface area contributed by atoms with Crippen molar-refractivity contribution in [3.63, 3.8) is 0 Å². The number of nitrogens with zero attached hydrogens (tertiary/aromatic N) is 2. The van der Waals surface area contributed by atoms with Crippen molar-refractivity contribution in [3.8, 4) is 5.75 Å². The Hall–Kier alpha value is -1.85. The van der Waals surface area contributed by atoms with Gasteiger partial charge in [0, 0.05) is 16.6 Å². The van der Waals surface area contributed by atoms with Gasteiger partial charge in [0.15, 0.2) is 0 Å². The van der Waals surface area contributed by atoms with Gasteiger partial charge in [0.05, 0.1) is 5.39 Å². The lowest BCUT2D eigenvalue weighted by molar-refractivity contribution is 0.475. The van der Waals surface area contributed by atoms with E-state index in [0.717, 1.165) is 34.6 Å². The van der Waals surface area contributed by atoms with Crippen LogP contribution in [0.5, 0.6) is 5.75 Å². The molecule has 108 valence electrons. The molecule has 0 amide bonds. The second-order valence-corrected chi connectivity index (χ2v) is 6.02. The molecule has 4 nitrogen and oxygen atoms in total. The number of hydrogen-bond acceptors (Lipinski definition) is 5. The molecule has 0 radical (unpaired) electrons. The third-order valence-electron chi connectivity index (χ3n) is 3.61. The summed E-state index contributed by atoms with van der Waals surface area (Å²) in [6.45, 7) is 0. The molecular weight excluding hydrogens is 306 g/mol. The zero-order valence-corrected chi connectivity index (χ0v) is 12.8. The summed E-state index contributed by atoms with van der Waals surface area (Å²) in [5.41, 5.74) is 2.23. The lowest BCUT2D eigenvalue weighted by Crippen LogP contribution is -1.95. The Labute approximate surface area is 132 Å². The van der Waals surface area contributed by atoms with E-state index in [9.17, 15) is 5.11 Å². The number of aryl methyl sites for hydroxylation is 2. The molecule has 2 heterocycles. The predicted molar refractivity (Wildman–Crippen MR) is 88.1 cm³/mol. The Morgan fingerprint density at radius 1 is 1.19 bits per heavy atom. The van der Waals surface area contributed by atoms with Gasteiger partial charge in [0.1, 0.15) is 22.7 Å². The van der Waals surface area contributed by atoms with E-state index in [1.807, 2.05) is 12.1 Å². The molecule has 21 heavy (non-hydrogen) atoms. The van der Waals surface area contributed by atoms with E-state index in [1.165, 1.54) is 16.9 Å². The smallest absolute Gasteiger partial charge is 0.142 e. The molecule has 0 unspecified atom stereocenters. The lowest BCUT2D eigenvalue weighted by atomic mass is 10.2. The Morgan fingerprint density at radius 2 is 2.10 bits per heavy atom. The summed E-state index contributed by atoms with van der Waals surface area (Å²) in [4.78, 5) is 11.3. The van der Waals surface area contributed by atoms with Gasteiger partial charge in [0.25, 0.3) is 0 Å². The number of thiophene rings is 1. The van der Waals surface area contributed by atoms with Crippen LogP contribution in [0.25, 0.3) is 10.2 Å². The number of aromatic nitrogens is 2. The van der Waals surface area contributed by atoms with Crippen molar-refractivity contribution in [1.29, 1.82) is 0 Å². The summed E-state index contributed by atoms with van der Waals surface area (Å²) in [5, 5.41) is 14.0. The van der Waals surface area contributed by atoms with Gasteiger partial charge < -0.3 is 10.4 Å². The minimum Gasteiger partial charge on any atom is -0.508 e. The summed E-state index contributed by atoms with van der Waals surface area (Å²) in [6, 6.07) is 7.08. The van der Waals surface area contributed by atoms with E-state index < -0.39 is 0 Å². The fourth-order valence-electron chi connectivity index (χ4n) is 2.74. The van der Waals surface area contributed by atoms with Crippen LogP contribution in [0.4, 0.5) is 11.5 Å². The molecule has 2 N–H and O–H groups in total. The highest BCUT2D eigenvalue weighted by atomic mass is 35.5. The zero-order valence-electron chi connectivity index (χ0n) is 11.2. The largest absolute Gasteiger partial charge is 0.508 e. The van der Waals surface area contributed by atoms with Crippen LogP contribution in [-0.4, -0.2) is 15.1 Å². The third kappa shape index (κ3) is 2.43. The van der Waals surface area contributed by atoms with Crippen LogP contribution >= 0.6 is 23.7 Å². The Bertz CT molecular complexity index is 803. The van der Waals surface area contributed by atoms with Crippen LogP contribution in [0.3, 0.4) is 0 Å². The minimum atomic E-state index is 0. The SMILES string of the molecule is Cl.Oc1cccc(Nc2ncnc3sc4c(c23)CCC4)c1. The molecule has 0 saturated carbocycles. The van der Waals surface area contributed by atoms with E-state index in [4.69, 9.17) is 0 Å². The van der Waals surface area contributed by atoms with Crippen molar-refractivity contribution in [1.82, 2.24) is 9.97 Å². The summed E-state index contributed by atoms with van der Waals surface area (Å²) >= 11 is 1.77. The van der Waals surface area contributed by atoms with E-state index in [-0.39, 0.29) is 18.2 Å². The number of phenols is 1. The number of halogens is 1. The topological polar surface area (TPSA) is 58.0 Å². The Kier molecular flexibility index (Phi) is 3.69. The fourth-order valence-corrected chi connectivity index (χ4v) is 3.97. The molecule has 6 heteroatoms. The Balaban J connectivity index is 0.00000132.